The first-order valence-electron chi connectivity index (χ1n) is 5.11. The molecule has 1 heterocycles. The summed E-state index contributed by atoms with van der Waals surface area (Å²) >= 11 is 0. The molecule has 0 bridgehead atoms. The third kappa shape index (κ3) is 3.63. The van der Waals surface area contributed by atoms with E-state index in [2.05, 4.69) is 26.1 Å². The van der Waals surface area contributed by atoms with Crippen molar-refractivity contribution in [3.8, 4) is 0 Å². The molecule has 78 valence electrons. The molecule has 1 aliphatic heterocycles. The first-order chi connectivity index (χ1) is 6.09. The normalized spacial score (nSPS) is 31.2. The van der Waals surface area contributed by atoms with Crippen molar-refractivity contribution in [3.63, 3.8) is 0 Å². The second kappa shape index (κ2) is 4.94. The fourth-order valence-electron chi connectivity index (χ4n) is 1.84. The minimum atomic E-state index is -0.324. The van der Waals surface area contributed by atoms with Crippen LogP contribution < -0.4 is 5.32 Å². The van der Waals surface area contributed by atoms with E-state index >= 15 is 0 Å². The average Bonchev–Trinajstić information content (AvgIpc) is 2.34. The van der Waals surface area contributed by atoms with Crippen LogP contribution >= 0.6 is 0 Å². The second-order valence-corrected chi connectivity index (χ2v) is 4.41. The van der Waals surface area contributed by atoms with Gasteiger partial charge < -0.3 is 15.2 Å². The highest BCUT2D eigenvalue weighted by Crippen LogP contribution is 2.09. The molecular weight excluding hydrogens is 166 g/mol. The van der Waals surface area contributed by atoms with Gasteiger partial charge in [0.2, 0.25) is 0 Å². The second-order valence-electron chi connectivity index (χ2n) is 4.41. The van der Waals surface area contributed by atoms with Gasteiger partial charge in [-0.2, -0.15) is 0 Å². The maximum absolute atomic E-state index is 9.48. The number of hydrogen-bond acceptors (Lipinski definition) is 3. The van der Waals surface area contributed by atoms with Crippen molar-refractivity contribution < 1.29 is 9.84 Å². The molecule has 0 saturated carbocycles. The van der Waals surface area contributed by atoms with E-state index in [9.17, 15) is 5.11 Å². The Morgan fingerprint density at radius 1 is 1.38 bits per heavy atom. The average molecular weight is 187 g/mol. The third-order valence-corrected chi connectivity index (χ3v) is 2.37. The lowest BCUT2D eigenvalue weighted by atomic mass is 10.0. The van der Waals surface area contributed by atoms with Crippen molar-refractivity contribution in [1.29, 1.82) is 0 Å². The predicted molar refractivity (Wildman–Crippen MR) is 52.7 cm³/mol. The lowest BCUT2D eigenvalue weighted by Gasteiger charge is -2.21. The molecule has 0 aromatic rings. The van der Waals surface area contributed by atoms with Crippen LogP contribution in [-0.4, -0.2) is 36.5 Å². The van der Waals surface area contributed by atoms with Crippen molar-refractivity contribution >= 4 is 0 Å². The molecule has 0 spiro atoms. The summed E-state index contributed by atoms with van der Waals surface area (Å²) in [5, 5.41) is 12.9. The molecule has 0 amide bonds. The Balaban J connectivity index is 2.22. The van der Waals surface area contributed by atoms with Crippen LogP contribution in [0.5, 0.6) is 0 Å². The van der Waals surface area contributed by atoms with E-state index in [4.69, 9.17) is 4.74 Å². The number of aliphatic hydroxyl groups is 1. The number of nitrogens with one attached hydrogen (secondary N) is 1. The summed E-state index contributed by atoms with van der Waals surface area (Å²) in [5.74, 6) is 0.696. The summed E-state index contributed by atoms with van der Waals surface area (Å²) in [6.07, 6.45) is 0.818. The van der Waals surface area contributed by atoms with Crippen molar-refractivity contribution in [1.82, 2.24) is 5.32 Å². The van der Waals surface area contributed by atoms with Gasteiger partial charge in [-0.25, -0.2) is 0 Å². The summed E-state index contributed by atoms with van der Waals surface area (Å²) < 4.78 is 5.16. The fraction of sp³-hybridized carbons (Fsp3) is 1.00. The number of hydrogen-bond donors (Lipinski definition) is 2. The highest BCUT2D eigenvalue weighted by molar-refractivity contribution is 4.82. The summed E-state index contributed by atoms with van der Waals surface area (Å²) in [7, 11) is 0. The van der Waals surface area contributed by atoms with E-state index in [1.807, 2.05) is 0 Å². The summed E-state index contributed by atoms with van der Waals surface area (Å²) in [5.41, 5.74) is 0. The van der Waals surface area contributed by atoms with Crippen LogP contribution in [0.2, 0.25) is 0 Å². The predicted octanol–water partition coefficient (Wildman–Crippen LogP) is 0.770. The van der Waals surface area contributed by atoms with E-state index < -0.39 is 0 Å². The lowest BCUT2D eigenvalue weighted by Crippen LogP contribution is -2.44. The largest absolute Gasteiger partial charge is 0.389 e. The van der Waals surface area contributed by atoms with Crippen molar-refractivity contribution in [3.05, 3.63) is 0 Å². The standard InChI is InChI=1S/C10H21NO2/c1-7(2)4-8(3)11-9-5-13-6-10(9)12/h7-12H,4-6H2,1-3H3. The van der Waals surface area contributed by atoms with Gasteiger partial charge in [0.1, 0.15) is 0 Å². The molecule has 1 fully saturated rings. The Morgan fingerprint density at radius 3 is 2.54 bits per heavy atom. The molecule has 0 aromatic heterocycles. The zero-order chi connectivity index (χ0) is 9.84. The van der Waals surface area contributed by atoms with Crippen LogP contribution in [0.4, 0.5) is 0 Å². The lowest BCUT2D eigenvalue weighted by molar-refractivity contribution is 0.121. The SMILES string of the molecule is CC(C)CC(C)NC1COCC1O. The highest BCUT2D eigenvalue weighted by Gasteiger charge is 2.26. The number of rotatable bonds is 4. The maximum atomic E-state index is 9.48. The van der Waals surface area contributed by atoms with Crippen molar-refractivity contribution in [2.24, 2.45) is 5.92 Å². The molecule has 3 nitrogen and oxygen atoms in total. The first-order valence-corrected chi connectivity index (χ1v) is 5.11. The zero-order valence-corrected chi connectivity index (χ0v) is 8.79. The molecule has 0 aromatic carbocycles. The molecule has 13 heavy (non-hydrogen) atoms. The Labute approximate surface area is 80.5 Å². The van der Waals surface area contributed by atoms with Crippen LogP contribution in [0.15, 0.2) is 0 Å². The van der Waals surface area contributed by atoms with Crippen molar-refractivity contribution in [2.45, 2.75) is 45.4 Å². The van der Waals surface area contributed by atoms with Gasteiger partial charge in [-0.3, -0.25) is 0 Å². The quantitative estimate of drug-likeness (QED) is 0.683. The molecular formula is C10H21NO2. The minimum Gasteiger partial charge on any atom is -0.389 e. The van der Waals surface area contributed by atoms with Crippen LogP contribution in [0, 0.1) is 5.92 Å². The summed E-state index contributed by atoms with van der Waals surface area (Å²) in [6, 6.07) is 0.593. The van der Waals surface area contributed by atoms with Gasteiger partial charge in [0.15, 0.2) is 0 Å². The monoisotopic (exact) mass is 187 g/mol. The molecule has 1 aliphatic rings. The molecule has 2 N–H and O–H groups in total. The fourth-order valence-corrected chi connectivity index (χ4v) is 1.84. The minimum absolute atomic E-state index is 0.133. The van der Waals surface area contributed by atoms with Gasteiger partial charge in [0.05, 0.1) is 25.4 Å². The molecule has 0 radical (unpaired) electrons. The highest BCUT2D eigenvalue weighted by atomic mass is 16.5. The van der Waals surface area contributed by atoms with Gasteiger partial charge in [0, 0.05) is 6.04 Å². The van der Waals surface area contributed by atoms with E-state index in [0.29, 0.717) is 25.2 Å². The molecule has 1 saturated heterocycles. The van der Waals surface area contributed by atoms with Gasteiger partial charge in [-0.15, -0.1) is 0 Å². The van der Waals surface area contributed by atoms with Crippen LogP contribution in [-0.2, 0) is 4.74 Å². The van der Waals surface area contributed by atoms with Gasteiger partial charge in [-0.05, 0) is 19.3 Å². The Morgan fingerprint density at radius 2 is 2.08 bits per heavy atom. The summed E-state index contributed by atoms with van der Waals surface area (Å²) in [6.45, 7) is 7.69. The first kappa shape index (κ1) is 11.0. The van der Waals surface area contributed by atoms with Gasteiger partial charge in [0.25, 0.3) is 0 Å². The molecule has 0 aliphatic carbocycles. The maximum Gasteiger partial charge on any atom is 0.0948 e. The van der Waals surface area contributed by atoms with Crippen LogP contribution in [0.3, 0.4) is 0 Å². The topological polar surface area (TPSA) is 41.5 Å². The van der Waals surface area contributed by atoms with E-state index in [-0.39, 0.29) is 12.1 Å². The molecule has 3 atom stereocenters. The van der Waals surface area contributed by atoms with Gasteiger partial charge in [-0.1, -0.05) is 13.8 Å². The van der Waals surface area contributed by atoms with Crippen LogP contribution in [0.25, 0.3) is 0 Å². The van der Waals surface area contributed by atoms with Gasteiger partial charge >= 0.3 is 0 Å². The zero-order valence-electron chi connectivity index (χ0n) is 8.79. The molecule has 1 rings (SSSR count). The molecule has 3 heteroatoms. The summed E-state index contributed by atoms with van der Waals surface area (Å²) in [4.78, 5) is 0. The van der Waals surface area contributed by atoms with E-state index in [1.165, 1.54) is 0 Å². The van der Waals surface area contributed by atoms with Crippen LogP contribution in [0.1, 0.15) is 27.2 Å². The number of aliphatic hydroxyl groups excluding tert-OH is 1. The smallest absolute Gasteiger partial charge is 0.0948 e. The third-order valence-electron chi connectivity index (χ3n) is 2.37. The van der Waals surface area contributed by atoms with E-state index in [1.54, 1.807) is 0 Å². The Bertz CT molecular complexity index is 150. The van der Waals surface area contributed by atoms with E-state index in [0.717, 1.165) is 6.42 Å². The molecule has 3 unspecified atom stereocenters. The van der Waals surface area contributed by atoms with Crippen molar-refractivity contribution in [2.75, 3.05) is 13.2 Å². The Hall–Kier alpha value is -0.120. The number of ether oxygens (including phenoxy) is 1. The Kier molecular flexibility index (Phi) is 4.16.